The molecule has 2 unspecified atom stereocenters. The summed E-state index contributed by atoms with van der Waals surface area (Å²) in [5, 5.41) is 0. The highest BCUT2D eigenvalue weighted by atomic mass is 15.1. The largest absolute Gasteiger partial charge is 0.326 e. The maximum atomic E-state index is 6.29. The van der Waals surface area contributed by atoms with Crippen LogP contribution in [0.4, 0.5) is 0 Å². The van der Waals surface area contributed by atoms with E-state index in [1.165, 1.54) is 64.5 Å². The third-order valence-corrected chi connectivity index (χ3v) is 5.67. The molecule has 1 aliphatic heterocycles. The lowest BCUT2D eigenvalue weighted by Crippen LogP contribution is -2.47. The van der Waals surface area contributed by atoms with Gasteiger partial charge in [-0.1, -0.05) is 39.5 Å². The van der Waals surface area contributed by atoms with Crippen LogP contribution in [-0.2, 0) is 0 Å². The second kappa shape index (κ2) is 6.38. The quantitative estimate of drug-likeness (QED) is 0.831. The SMILES string of the molecule is CCC(C)C(N)CN1CCC2(CCCCC2)CC1. The molecule has 0 aromatic carbocycles. The highest BCUT2D eigenvalue weighted by Gasteiger charge is 2.35. The van der Waals surface area contributed by atoms with Crippen molar-refractivity contribution in [2.24, 2.45) is 17.1 Å². The maximum absolute atomic E-state index is 6.29. The molecule has 0 aromatic rings. The van der Waals surface area contributed by atoms with Crippen LogP contribution in [0.25, 0.3) is 0 Å². The predicted octanol–water partition coefficient (Wildman–Crippen LogP) is 3.41. The Labute approximate surface area is 113 Å². The molecule has 1 aliphatic carbocycles. The van der Waals surface area contributed by atoms with E-state index in [1.807, 2.05) is 0 Å². The smallest absolute Gasteiger partial charge is 0.0193 e. The number of hydrogen-bond donors (Lipinski definition) is 1. The Morgan fingerprint density at radius 1 is 1.06 bits per heavy atom. The van der Waals surface area contributed by atoms with Crippen LogP contribution in [0.2, 0.25) is 0 Å². The lowest BCUT2D eigenvalue weighted by atomic mass is 9.68. The summed E-state index contributed by atoms with van der Waals surface area (Å²) in [6, 6.07) is 0.371. The zero-order valence-corrected chi connectivity index (χ0v) is 12.5. The van der Waals surface area contributed by atoms with E-state index in [1.54, 1.807) is 0 Å². The molecule has 2 aliphatic rings. The van der Waals surface area contributed by atoms with Crippen LogP contribution >= 0.6 is 0 Å². The second-order valence-electron chi connectivity index (χ2n) is 6.91. The minimum absolute atomic E-state index is 0.371. The van der Waals surface area contributed by atoms with Gasteiger partial charge in [0, 0.05) is 12.6 Å². The summed E-state index contributed by atoms with van der Waals surface area (Å²) in [6.45, 7) is 8.24. The molecule has 1 heterocycles. The van der Waals surface area contributed by atoms with Gasteiger partial charge in [0.15, 0.2) is 0 Å². The van der Waals surface area contributed by atoms with Gasteiger partial charge in [-0.3, -0.25) is 0 Å². The summed E-state index contributed by atoms with van der Waals surface area (Å²) in [5.41, 5.74) is 7.02. The molecule has 0 radical (unpaired) electrons. The molecule has 18 heavy (non-hydrogen) atoms. The molecule has 1 spiro atoms. The number of likely N-dealkylation sites (tertiary alicyclic amines) is 1. The van der Waals surface area contributed by atoms with Gasteiger partial charge in [0.25, 0.3) is 0 Å². The third-order valence-electron chi connectivity index (χ3n) is 5.67. The van der Waals surface area contributed by atoms with Crippen molar-refractivity contribution in [1.29, 1.82) is 0 Å². The fourth-order valence-corrected chi connectivity index (χ4v) is 3.79. The summed E-state index contributed by atoms with van der Waals surface area (Å²) in [4.78, 5) is 2.62. The lowest BCUT2D eigenvalue weighted by Gasteiger charge is -2.45. The Balaban J connectivity index is 1.76. The third kappa shape index (κ3) is 3.48. The van der Waals surface area contributed by atoms with Gasteiger partial charge < -0.3 is 10.6 Å². The number of piperidine rings is 1. The number of nitrogens with zero attached hydrogens (tertiary/aromatic N) is 1. The molecular weight excluding hydrogens is 220 g/mol. The van der Waals surface area contributed by atoms with E-state index in [2.05, 4.69) is 18.7 Å². The average molecular weight is 252 g/mol. The van der Waals surface area contributed by atoms with Gasteiger partial charge in [-0.15, -0.1) is 0 Å². The average Bonchev–Trinajstić information content (AvgIpc) is 2.41. The lowest BCUT2D eigenvalue weighted by molar-refractivity contribution is 0.0619. The standard InChI is InChI=1S/C16H32N2/c1-3-14(2)15(17)13-18-11-9-16(10-12-18)7-5-4-6-8-16/h14-15H,3-13,17H2,1-2H3. The van der Waals surface area contributed by atoms with Gasteiger partial charge in [0.2, 0.25) is 0 Å². The fourth-order valence-electron chi connectivity index (χ4n) is 3.79. The monoisotopic (exact) mass is 252 g/mol. The molecule has 2 N–H and O–H groups in total. The molecule has 2 nitrogen and oxygen atoms in total. The Bertz CT molecular complexity index is 235. The Hall–Kier alpha value is -0.0800. The molecule has 1 saturated heterocycles. The molecule has 0 aromatic heterocycles. The van der Waals surface area contributed by atoms with E-state index in [0.29, 0.717) is 12.0 Å². The molecule has 0 amide bonds. The topological polar surface area (TPSA) is 29.3 Å². The summed E-state index contributed by atoms with van der Waals surface area (Å²) in [5.74, 6) is 0.663. The van der Waals surface area contributed by atoms with Crippen molar-refractivity contribution in [3.63, 3.8) is 0 Å². The first-order valence-corrected chi connectivity index (χ1v) is 8.13. The van der Waals surface area contributed by atoms with Gasteiger partial charge in [-0.05, 0) is 50.1 Å². The van der Waals surface area contributed by atoms with Gasteiger partial charge in [-0.25, -0.2) is 0 Å². The molecule has 2 fully saturated rings. The van der Waals surface area contributed by atoms with Crippen molar-refractivity contribution < 1.29 is 0 Å². The first-order valence-electron chi connectivity index (χ1n) is 8.13. The van der Waals surface area contributed by atoms with Gasteiger partial charge >= 0.3 is 0 Å². The number of rotatable bonds is 4. The van der Waals surface area contributed by atoms with E-state index in [9.17, 15) is 0 Å². The van der Waals surface area contributed by atoms with E-state index in [-0.39, 0.29) is 0 Å². The van der Waals surface area contributed by atoms with Gasteiger partial charge in [-0.2, -0.15) is 0 Å². The molecule has 106 valence electrons. The summed E-state index contributed by atoms with van der Waals surface area (Å²) in [6.07, 6.45) is 11.5. The van der Waals surface area contributed by atoms with Crippen LogP contribution in [0.15, 0.2) is 0 Å². The van der Waals surface area contributed by atoms with Gasteiger partial charge in [0.05, 0.1) is 0 Å². The normalized spacial score (nSPS) is 28.2. The Kier molecular flexibility index (Phi) is 5.08. The molecule has 2 heteroatoms. The summed E-state index contributed by atoms with van der Waals surface area (Å²) < 4.78 is 0. The maximum Gasteiger partial charge on any atom is 0.0193 e. The van der Waals surface area contributed by atoms with Crippen LogP contribution in [-0.4, -0.2) is 30.6 Å². The van der Waals surface area contributed by atoms with Crippen LogP contribution in [0.5, 0.6) is 0 Å². The van der Waals surface area contributed by atoms with Crippen LogP contribution in [0, 0.1) is 11.3 Å². The van der Waals surface area contributed by atoms with E-state index >= 15 is 0 Å². The Morgan fingerprint density at radius 3 is 2.22 bits per heavy atom. The van der Waals surface area contributed by atoms with Crippen molar-refractivity contribution in [2.45, 2.75) is 71.3 Å². The van der Waals surface area contributed by atoms with Crippen LogP contribution < -0.4 is 5.73 Å². The Morgan fingerprint density at radius 2 is 1.67 bits per heavy atom. The molecular formula is C16H32N2. The van der Waals surface area contributed by atoms with Crippen LogP contribution in [0.1, 0.15) is 65.2 Å². The van der Waals surface area contributed by atoms with Crippen molar-refractivity contribution in [2.75, 3.05) is 19.6 Å². The first-order chi connectivity index (χ1) is 8.65. The zero-order chi connectivity index (χ0) is 13.0. The molecule has 1 saturated carbocycles. The minimum Gasteiger partial charge on any atom is -0.326 e. The predicted molar refractivity (Wildman–Crippen MR) is 78.6 cm³/mol. The van der Waals surface area contributed by atoms with Crippen molar-refractivity contribution in [3.8, 4) is 0 Å². The number of nitrogens with two attached hydrogens (primary N) is 1. The fraction of sp³-hybridized carbons (Fsp3) is 1.00. The molecule has 0 bridgehead atoms. The van der Waals surface area contributed by atoms with Crippen molar-refractivity contribution >= 4 is 0 Å². The minimum atomic E-state index is 0.371. The highest BCUT2D eigenvalue weighted by molar-refractivity contribution is 4.89. The van der Waals surface area contributed by atoms with Crippen LogP contribution in [0.3, 0.4) is 0 Å². The van der Waals surface area contributed by atoms with Crippen molar-refractivity contribution in [1.82, 2.24) is 4.90 Å². The highest BCUT2D eigenvalue weighted by Crippen LogP contribution is 2.44. The van der Waals surface area contributed by atoms with E-state index in [4.69, 9.17) is 5.73 Å². The van der Waals surface area contributed by atoms with Gasteiger partial charge in [0.1, 0.15) is 0 Å². The first kappa shape index (κ1) is 14.3. The van der Waals surface area contributed by atoms with E-state index in [0.717, 1.165) is 12.0 Å². The zero-order valence-electron chi connectivity index (χ0n) is 12.5. The second-order valence-corrected chi connectivity index (χ2v) is 6.91. The molecule has 2 atom stereocenters. The van der Waals surface area contributed by atoms with E-state index < -0.39 is 0 Å². The summed E-state index contributed by atoms with van der Waals surface area (Å²) >= 11 is 0. The van der Waals surface area contributed by atoms with Crippen molar-refractivity contribution in [3.05, 3.63) is 0 Å². The molecule has 2 rings (SSSR count). The number of hydrogen-bond acceptors (Lipinski definition) is 2. The summed E-state index contributed by atoms with van der Waals surface area (Å²) in [7, 11) is 0.